The van der Waals surface area contributed by atoms with Crippen molar-refractivity contribution >= 4 is 5.97 Å². The van der Waals surface area contributed by atoms with Gasteiger partial charge in [0.15, 0.2) is 0 Å². The number of carboxylic acids is 1. The Morgan fingerprint density at radius 2 is 2.00 bits per heavy atom. The van der Waals surface area contributed by atoms with Crippen molar-refractivity contribution in [1.82, 2.24) is 0 Å². The highest BCUT2D eigenvalue weighted by atomic mass is 16.5. The number of carboxylic acid groups (broad SMARTS) is 1. The van der Waals surface area contributed by atoms with Crippen LogP contribution in [0.5, 0.6) is 5.75 Å². The number of benzene rings is 1. The summed E-state index contributed by atoms with van der Waals surface area (Å²) >= 11 is 0. The van der Waals surface area contributed by atoms with Gasteiger partial charge in [0.05, 0.1) is 12.0 Å². The van der Waals surface area contributed by atoms with Crippen LogP contribution in [0, 0.1) is 0 Å². The van der Waals surface area contributed by atoms with Crippen LogP contribution in [0.2, 0.25) is 0 Å². The third kappa shape index (κ3) is 2.35. The molecule has 1 N–H and O–H groups in total. The Morgan fingerprint density at radius 3 is 2.44 bits per heavy atom. The van der Waals surface area contributed by atoms with Crippen molar-refractivity contribution in [1.29, 1.82) is 0 Å². The monoisotopic (exact) mass is 220 g/mol. The fourth-order valence-corrected chi connectivity index (χ4v) is 1.66. The molecule has 86 valence electrons. The van der Waals surface area contributed by atoms with Crippen LogP contribution in [-0.4, -0.2) is 17.2 Å². The highest BCUT2D eigenvalue weighted by Crippen LogP contribution is 2.26. The van der Waals surface area contributed by atoms with E-state index >= 15 is 0 Å². The van der Waals surface area contributed by atoms with Crippen molar-refractivity contribution in [3.8, 4) is 5.75 Å². The molecule has 1 aliphatic rings. The molecule has 0 heterocycles. The van der Waals surface area contributed by atoms with Gasteiger partial charge in [0.25, 0.3) is 0 Å². The first-order chi connectivity index (χ1) is 7.66. The highest BCUT2D eigenvalue weighted by Gasteiger charge is 2.19. The Balaban J connectivity index is 2.00. The second kappa shape index (κ2) is 4.56. The molecule has 0 spiro atoms. The smallest absolute Gasteiger partial charge is 0.310 e. The summed E-state index contributed by atoms with van der Waals surface area (Å²) in [5.74, 6) is -0.420. The van der Waals surface area contributed by atoms with E-state index in [-0.39, 0.29) is 0 Å². The topological polar surface area (TPSA) is 46.5 Å². The number of hydrogen-bond donors (Lipinski definition) is 1. The average molecular weight is 220 g/mol. The molecule has 1 aliphatic carbocycles. The van der Waals surface area contributed by atoms with Gasteiger partial charge in [-0.3, -0.25) is 4.79 Å². The van der Waals surface area contributed by atoms with Crippen LogP contribution in [0.4, 0.5) is 0 Å². The molecule has 1 unspecified atom stereocenters. The van der Waals surface area contributed by atoms with Crippen LogP contribution in [-0.2, 0) is 4.79 Å². The summed E-state index contributed by atoms with van der Waals surface area (Å²) < 4.78 is 5.70. The summed E-state index contributed by atoms with van der Waals surface area (Å²) in [5.41, 5.74) is 0.813. The minimum atomic E-state index is -0.798. The van der Waals surface area contributed by atoms with Crippen molar-refractivity contribution in [2.45, 2.75) is 38.2 Å². The first-order valence-corrected chi connectivity index (χ1v) is 5.66. The Bertz CT molecular complexity index is 365. The summed E-state index contributed by atoms with van der Waals surface area (Å²) in [5, 5.41) is 8.87. The molecule has 0 amide bonds. The van der Waals surface area contributed by atoms with Crippen LogP contribution in [0.25, 0.3) is 0 Å². The van der Waals surface area contributed by atoms with Gasteiger partial charge in [0.2, 0.25) is 0 Å². The normalized spacial score (nSPS) is 17.6. The van der Waals surface area contributed by atoms with Crippen LogP contribution in [0.15, 0.2) is 24.3 Å². The number of rotatable bonds is 4. The van der Waals surface area contributed by atoms with Crippen molar-refractivity contribution in [2.24, 2.45) is 0 Å². The molecular weight excluding hydrogens is 204 g/mol. The molecule has 3 heteroatoms. The van der Waals surface area contributed by atoms with Gasteiger partial charge in [-0.05, 0) is 43.9 Å². The Kier molecular flexibility index (Phi) is 3.13. The minimum Gasteiger partial charge on any atom is -0.490 e. The van der Waals surface area contributed by atoms with Crippen LogP contribution in [0.1, 0.15) is 37.7 Å². The lowest BCUT2D eigenvalue weighted by atomic mass is 9.96. The third-order valence-electron chi connectivity index (χ3n) is 3.11. The average Bonchev–Trinajstić information content (AvgIpc) is 2.23. The molecule has 1 aromatic carbocycles. The van der Waals surface area contributed by atoms with E-state index in [4.69, 9.17) is 9.84 Å². The second-order valence-corrected chi connectivity index (χ2v) is 4.30. The minimum absolute atomic E-state index is 0.364. The highest BCUT2D eigenvalue weighted by molar-refractivity contribution is 5.75. The van der Waals surface area contributed by atoms with Crippen molar-refractivity contribution in [2.75, 3.05) is 0 Å². The van der Waals surface area contributed by atoms with E-state index in [1.807, 2.05) is 24.3 Å². The van der Waals surface area contributed by atoms with E-state index in [1.165, 1.54) is 6.42 Å². The summed E-state index contributed by atoms with van der Waals surface area (Å²) in [6.45, 7) is 1.68. The Morgan fingerprint density at radius 1 is 1.38 bits per heavy atom. The van der Waals surface area contributed by atoms with Gasteiger partial charge in [-0.1, -0.05) is 12.1 Å². The van der Waals surface area contributed by atoms with Crippen LogP contribution < -0.4 is 4.74 Å². The summed E-state index contributed by atoms with van der Waals surface area (Å²) in [6.07, 6.45) is 3.88. The maximum atomic E-state index is 10.8. The molecule has 0 aliphatic heterocycles. The maximum Gasteiger partial charge on any atom is 0.310 e. The first kappa shape index (κ1) is 11.0. The fourth-order valence-electron chi connectivity index (χ4n) is 1.66. The van der Waals surface area contributed by atoms with E-state index in [0.29, 0.717) is 6.10 Å². The molecule has 1 atom stereocenters. The predicted molar refractivity (Wildman–Crippen MR) is 60.8 cm³/mol. The molecule has 2 rings (SSSR count). The first-order valence-electron chi connectivity index (χ1n) is 5.66. The number of hydrogen-bond acceptors (Lipinski definition) is 2. The zero-order chi connectivity index (χ0) is 11.5. The zero-order valence-corrected chi connectivity index (χ0v) is 9.35. The Hall–Kier alpha value is -1.51. The van der Waals surface area contributed by atoms with Crippen molar-refractivity contribution in [3.63, 3.8) is 0 Å². The molecule has 0 aromatic heterocycles. The van der Waals surface area contributed by atoms with Gasteiger partial charge in [-0.15, -0.1) is 0 Å². The molecular formula is C13H16O3. The maximum absolute atomic E-state index is 10.8. The van der Waals surface area contributed by atoms with Gasteiger partial charge in [-0.2, -0.15) is 0 Å². The number of aliphatic carboxylic acids is 1. The zero-order valence-electron chi connectivity index (χ0n) is 9.35. The van der Waals surface area contributed by atoms with Gasteiger partial charge in [0.1, 0.15) is 5.75 Å². The van der Waals surface area contributed by atoms with E-state index in [2.05, 4.69) is 0 Å². The van der Waals surface area contributed by atoms with Crippen molar-refractivity contribution < 1.29 is 14.6 Å². The van der Waals surface area contributed by atoms with Gasteiger partial charge in [0, 0.05) is 0 Å². The lowest BCUT2D eigenvalue weighted by Gasteiger charge is -2.26. The van der Waals surface area contributed by atoms with Crippen LogP contribution >= 0.6 is 0 Å². The van der Waals surface area contributed by atoms with E-state index in [0.717, 1.165) is 24.2 Å². The van der Waals surface area contributed by atoms with Gasteiger partial charge >= 0.3 is 5.97 Å². The van der Waals surface area contributed by atoms with Gasteiger partial charge in [-0.25, -0.2) is 0 Å². The lowest BCUT2D eigenvalue weighted by Crippen LogP contribution is -2.24. The van der Waals surface area contributed by atoms with Crippen molar-refractivity contribution in [3.05, 3.63) is 29.8 Å². The molecule has 1 fully saturated rings. The third-order valence-corrected chi connectivity index (χ3v) is 3.11. The molecule has 1 saturated carbocycles. The molecule has 1 aromatic rings. The SMILES string of the molecule is CC(C(=O)O)c1ccc(OC2CCC2)cc1. The quantitative estimate of drug-likeness (QED) is 0.848. The van der Waals surface area contributed by atoms with E-state index in [1.54, 1.807) is 6.92 Å². The summed E-state index contributed by atoms with van der Waals surface area (Å²) in [6, 6.07) is 7.36. The largest absolute Gasteiger partial charge is 0.490 e. The molecule has 0 radical (unpaired) electrons. The molecule has 3 nitrogen and oxygen atoms in total. The predicted octanol–water partition coefficient (Wildman–Crippen LogP) is 2.81. The summed E-state index contributed by atoms with van der Waals surface area (Å²) in [7, 11) is 0. The fraction of sp³-hybridized carbons (Fsp3) is 0.462. The number of carbonyl (C=O) groups is 1. The van der Waals surface area contributed by atoms with E-state index < -0.39 is 11.9 Å². The standard InChI is InChI=1S/C13H16O3/c1-9(13(14)15)10-5-7-12(8-6-10)16-11-3-2-4-11/h5-9,11H,2-4H2,1H3,(H,14,15). The van der Waals surface area contributed by atoms with Crippen LogP contribution in [0.3, 0.4) is 0 Å². The Labute approximate surface area is 95.0 Å². The lowest BCUT2D eigenvalue weighted by molar-refractivity contribution is -0.138. The molecule has 0 saturated heterocycles. The van der Waals surface area contributed by atoms with E-state index in [9.17, 15) is 4.79 Å². The number of ether oxygens (including phenoxy) is 1. The van der Waals surface area contributed by atoms with Gasteiger partial charge < -0.3 is 9.84 Å². The second-order valence-electron chi connectivity index (χ2n) is 4.30. The molecule has 0 bridgehead atoms. The molecule has 16 heavy (non-hydrogen) atoms. The summed E-state index contributed by atoms with van der Waals surface area (Å²) in [4.78, 5) is 10.8.